The van der Waals surface area contributed by atoms with Crippen LogP contribution in [0.3, 0.4) is 0 Å². The first kappa shape index (κ1) is 6.74. The lowest BCUT2D eigenvalue weighted by Gasteiger charge is -1.96. The fourth-order valence-electron chi connectivity index (χ4n) is 0.507. The summed E-state index contributed by atoms with van der Waals surface area (Å²) in [5.41, 5.74) is 0. The Morgan fingerprint density at radius 1 is 1.67 bits per heavy atom. The molecular weight excluding hydrogens is 138 g/mol. The maximum absolute atomic E-state index is 10.8. The Bertz CT molecular complexity index is 153. The molecule has 3 nitrogen and oxygen atoms in total. The van der Waals surface area contributed by atoms with E-state index in [1.165, 1.54) is 6.92 Å². The molecule has 0 aromatic carbocycles. The van der Waals surface area contributed by atoms with Gasteiger partial charge >= 0.3 is 0 Å². The van der Waals surface area contributed by atoms with Crippen LogP contribution in [0.25, 0.3) is 0 Å². The van der Waals surface area contributed by atoms with Gasteiger partial charge in [0, 0.05) is 6.92 Å². The van der Waals surface area contributed by atoms with Gasteiger partial charge in [-0.25, -0.2) is 4.21 Å². The van der Waals surface area contributed by atoms with E-state index in [0.29, 0.717) is 0 Å². The Morgan fingerprint density at radius 3 is 2.56 bits per heavy atom. The van der Waals surface area contributed by atoms with E-state index in [0.717, 1.165) is 12.8 Å². The number of amides is 1. The second kappa shape index (κ2) is 2.47. The number of nitrogens with one attached hydrogen (secondary N) is 1. The van der Waals surface area contributed by atoms with Gasteiger partial charge in [0.15, 0.2) is 0 Å². The molecule has 1 rings (SSSR count). The minimum Gasteiger partial charge on any atom is -0.275 e. The van der Waals surface area contributed by atoms with E-state index in [2.05, 4.69) is 4.72 Å². The van der Waals surface area contributed by atoms with Crippen LogP contribution in [0.5, 0.6) is 0 Å². The average molecular weight is 147 g/mol. The number of hydrogen-bond donors (Lipinski definition) is 1. The molecule has 1 atom stereocenters. The Labute approximate surface area is 56.4 Å². The van der Waals surface area contributed by atoms with Crippen molar-refractivity contribution in [3.8, 4) is 0 Å². The first-order valence-corrected chi connectivity index (χ1v) is 4.09. The third-order valence-electron chi connectivity index (χ3n) is 1.07. The van der Waals surface area contributed by atoms with Crippen molar-refractivity contribution in [3.63, 3.8) is 0 Å². The Kier molecular flexibility index (Phi) is 1.85. The van der Waals surface area contributed by atoms with Crippen LogP contribution in [0.2, 0.25) is 0 Å². The molecule has 0 heterocycles. The third kappa shape index (κ3) is 2.13. The molecule has 1 aliphatic rings. The Morgan fingerprint density at radius 2 is 2.22 bits per heavy atom. The standard InChI is InChI=1S/C5H9NO2S/c1-4(7)6-9(8)5-2-3-5/h5H,2-3H2,1H3,(H,6,7). The molecule has 1 fully saturated rings. The van der Waals surface area contributed by atoms with Crippen LogP contribution in [0, 0.1) is 0 Å². The van der Waals surface area contributed by atoms with Crippen molar-refractivity contribution in [2.45, 2.75) is 25.0 Å². The van der Waals surface area contributed by atoms with Crippen LogP contribution in [0.4, 0.5) is 0 Å². The van der Waals surface area contributed by atoms with E-state index in [4.69, 9.17) is 0 Å². The van der Waals surface area contributed by atoms with Crippen molar-refractivity contribution in [2.75, 3.05) is 0 Å². The Hall–Kier alpha value is -0.380. The first-order valence-electron chi connectivity index (χ1n) is 2.88. The van der Waals surface area contributed by atoms with Gasteiger partial charge in [-0.3, -0.25) is 9.52 Å². The largest absolute Gasteiger partial charge is 0.275 e. The van der Waals surface area contributed by atoms with Gasteiger partial charge < -0.3 is 0 Å². The van der Waals surface area contributed by atoms with Crippen molar-refractivity contribution in [1.29, 1.82) is 0 Å². The van der Waals surface area contributed by atoms with Gasteiger partial charge in [0.25, 0.3) is 0 Å². The molecule has 0 bridgehead atoms. The van der Waals surface area contributed by atoms with E-state index in [-0.39, 0.29) is 11.2 Å². The minimum atomic E-state index is -1.09. The van der Waals surface area contributed by atoms with Crippen LogP contribution in [-0.2, 0) is 15.8 Å². The van der Waals surface area contributed by atoms with Crippen molar-refractivity contribution >= 4 is 16.9 Å². The second-order valence-electron chi connectivity index (χ2n) is 2.16. The number of carbonyl (C=O) groups excluding carboxylic acids is 1. The third-order valence-corrected chi connectivity index (χ3v) is 2.64. The SMILES string of the molecule is CC(=O)NS(=O)C1CC1. The topological polar surface area (TPSA) is 46.2 Å². The van der Waals surface area contributed by atoms with Crippen molar-refractivity contribution in [2.24, 2.45) is 0 Å². The summed E-state index contributed by atoms with van der Waals surface area (Å²) in [7, 11) is -1.09. The highest BCUT2D eigenvalue weighted by Gasteiger charge is 2.28. The Balaban J connectivity index is 2.26. The summed E-state index contributed by atoms with van der Waals surface area (Å²) in [6.45, 7) is 1.38. The normalized spacial score (nSPS) is 21.0. The lowest BCUT2D eigenvalue weighted by atomic mass is 10.8. The molecule has 4 heteroatoms. The average Bonchev–Trinajstić information content (AvgIpc) is 2.40. The van der Waals surface area contributed by atoms with Gasteiger partial charge in [-0.05, 0) is 12.8 Å². The highest BCUT2D eigenvalue weighted by atomic mass is 32.2. The van der Waals surface area contributed by atoms with Gasteiger partial charge in [-0.2, -0.15) is 0 Å². The highest BCUT2D eigenvalue weighted by molar-refractivity contribution is 7.84. The summed E-state index contributed by atoms with van der Waals surface area (Å²) in [6, 6.07) is 0. The molecule has 52 valence electrons. The zero-order chi connectivity index (χ0) is 6.85. The van der Waals surface area contributed by atoms with E-state index >= 15 is 0 Å². The molecule has 0 aliphatic heterocycles. The number of rotatable bonds is 2. The van der Waals surface area contributed by atoms with Crippen LogP contribution in [0.15, 0.2) is 0 Å². The smallest absolute Gasteiger partial charge is 0.228 e. The molecule has 1 unspecified atom stereocenters. The lowest BCUT2D eigenvalue weighted by Crippen LogP contribution is -2.24. The summed E-state index contributed by atoms with van der Waals surface area (Å²) in [5.74, 6) is -0.208. The van der Waals surface area contributed by atoms with Gasteiger partial charge in [0.1, 0.15) is 11.0 Å². The van der Waals surface area contributed by atoms with Gasteiger partial charge in [0.05, 0.1) is 5.25 Å². The molecule has 9 heavy (non-hydrogen) atoms. The molecule has 1 aliphatic carbocycles. The predicted molar refractivity (Wildman–Crippen MR) is 35.0 cm³/mol. The summed E-state index contributed by atoms with van der Waals surface area (Å²) in [4.78, 5) is 10.3. The fraction of sp³-hybridized carbons (Fsp3) is 0.800. The van der Waals surface area contributed by atoms with Gasteiger partial charge in [0.2, 0.25) is 5.91 Å². The zero-order valence-corrected chi connectivity index (χ0v) is 6.03. The number of hydrogen-bond acceptors (Lipinski definition) is 2. The van der Waals surface area contributed by atoms with E-state index in [1.54, 1.807) is 0 Å². The van der Waals surface area contributed by atoms with Crippen LogP contribution in [0.1, 0.15) is 19.8 Å². The summed E-state index contributed by atoms with van der Waals surface area (Å²) >= 11 is 0. The zero-order valence-electron chi connectivity index (χ0n) is 5.22. The quantitative estimate of drug-likeness (QED) is 0.595. The van der Waals surface area contributed by atoms with Crippen LogP contribution in [-0.4, -0.2) is 15.4 Å². The molecule has 0 radical (unpaired) electrons. The minimum absolute atomic E-state index is 0.208. The van der Waals surface area contributed by atoms with E-state index in [9.17, 15) is 9.00 Å². The van der Waals surface area contributed by atoms with Gasteiger partial charge in [-0.1, -0.05) is 0 Å². The summed E-state index contributed by atoms with van der Waals surface area (Å²) in [5, 5.41) is 0.244. The molecule has 1 saturated carbocycles. The molecule has 0 spiro atoms. The molecule has 0 saturated heterocycles. The maximum atomic E-state index is 10.8. The van der Waals surface area contributed by atoms with Crippen molar-refractivity contribution in [3.05, 3.63) is 0 Å². The van der Waals surface area contributed by atoms with Crippen LogP contribution >= 0.6 is 0 Å². The predicted octanol–water partition coefficient (Wildman–Crippen LogP) is -0.0514. The second-order valence-corrected chi connectivity index (χ2v) is 3.62. The van der Waals surface area contributed by atoms with Crippen molar-refractivity contribution < 1.29 is 9.00 Å². The molecule has 0 aromatic heterocycles. The van der Waals surface area contributed by atoms with E-state index in [1.807, 2.05) is 0 Å². The summed E-state index contributed by atoms with van der Waals surface area (Å²) in [6.07, 6.45) is 1.99. The van der Waals surface area contributed by atoms with E-state index < -0.39 is 11.0 Å². The first-order chi connectivity index (χ1) is 4.20. The highest BCUT2D eigenvalue weighted by Crippen LogP contribution is 2.24. The fourth-order valence-corrected chi connectivity index (χ4v) is 1.52. The molecule has 0 aromatic rings. The maximum Gasteiger partial charge on any atom is 0.228 e. The molecule has 1 N–H and O–H groups in total. The summed E-state index contributed by atoms with van der Waals surface area (Å²) < 4.78 is 13.1. The van der Waals surface area contributed by atoms with Crippen molar-refractivity contribution in [1.82, 2.24) is 4.72 Å². The van der Waals surface area contributed by atoms with Gasteiger partial charge in [-0.15, -0.1) is 0 Å². The van der Waals surface area contributed by atoms with Crippen LogP contribution < -0.4 is 4.72 Å². The molecular formula is C5H9NO2S. The monoisotopic (exact) mass is 147 g/mol. The number of carbonyl (C=O) groups is 1. The lowest BCUT2D eigenvalue weighted by molar-refractivity contribution is -0.117. The molecule has 1 amide bonds.